The molecule has 0 atom stereocenters. The predicted molar refractivity (Wildman–Crippen MR) is 54.5 cm³/mol. The highest BCUT2D eigenvalue weighted by Gasteiger charge is 2.31. The molecule has 15 heavy (non-hydrogen) atoms. The number of rotatable bonds is 2. The molecule has 1 saturated carbocycles. The molecule has 0 saturated heterocycles. The first-order valence-electron chi connectivity index (χ1n) is 5.25. The van der Waals surface area contributed by atoms with E-state index >= 15 is 0 Å². The number of hydrogen-bond donors (Lipinski definition) is 0. The molecule has 1 rings (SSSR count). The average Bonchev–Trinajstić information content (AvgIpc) is 2.33. The van der Waals surface area contributed by atoms with E-state index in [0.717, 1.165) is 0 Å². The molecule has 0 amide bonds. The van der Waals surface area contributed by atoms with Gasteiger partial charge in [0.05, 0.1) is 0 Å². The van der Waals surface area contributed by atoms with Crippen molar-refractivity contribution in [3.63, 3.8) is 0 Å². The normalized spacial score (nSPS) is 23.1. The van der Waals surface area contributed by atoms with Gasteiger partial charge in [-0.1, -0.05) is 0 Å². The quantitative estimate of drug-likeness (QED) is 0.653. The summed E-state index contributed by atoms with van der Waals surface area (Å²) in [7, 11) is 3.10. The van der Waals surface area contributed by atoms with Crippen molar-refractivity contribution in [2.45, 2.75) is 44.3 Å². The van der Waals surface area contributed by atoms with Gasteiger partial charge in [-0.2, -0.15) is 0 Å². The van der Waals surface area contributed by atoms with Crippen LogP contribution in [-0.2, 0) is 19.1 Å². The van der Waals surface area contributed by atoms with Gasteiger partial charge in [-0.05, 0) is 0 Å². The van der Waals surface area contributed by atoms with Crippen LogP contribution in [0.1, 0.15) is 38.5 Å². The molecule has 0 aliphatic heterocycles. The molecule has 86 valence electrons. The fraction of sp³-hybridized carbons (Fsp3) is 0.818. The summed E-state index contributed by atoms with van der Waals surface area (Å²) in [5, 5.41) is 0. The van der Waals surface area contributed by atoms with Crippen LogP contribution < -0.4 is 0 Å². The predicted octanol–water partition coefficient (Wildman–Crippen LogP) is 1.47. The first kappa shape index (κ1) is 12.3. The van der Waals surface area contributed by atoms with Crippen molar-refractivity contribution in [1.82, 2.24) is 0 Å². The van der Waals surface area contributed by atoms with E-state index < -0.39 is 5.79 Å². The maximum atomic E-state index is 11.4. The van der Waals surface area contributed by atoms with Crippen molar-refractivity contribution in [3.8, 4) is 0 Å². The van der Waals surface area contributed by atoms with Crippen molar-refractivity contribution in [1.29, 1.82) is 0 Å². The van der Waals surface area contributed by atoms with E-state index in [1.54, 1.807) is 14.2 Å². The fourth-order valence-electron chi connectivity index (χ4n) is 1.81. The summed E-state index contributed by atoms with van der Waals surface area (Å²) in [6, 6.07) is 0. The first-order chi connectivity index (χ1) is 7.12. The Balaban J connectivity index is 2.71. The number of carbonyl (C=O) groups is 2. The fourth-order valence-corrected chi connectivity index (χ4v) is 1.81. The molecule has 0 spiro atoms. The van der Waals surface area contributed by atoms with Crippen LogP contribution in [0.3, 0.4) is 0 Å². The summed E-state index contributed by atoms with van der Waals surface area (Å²) in [5.41, 5.74) is 0. The van der Waals surface area contributed by atoms with E-state index in [1.807, 2.05) is 0 Å². The average molecular weight is 214 g/mol. The molecule has 4 heteroatoms. The van der Waals surface area contributed by atoms with Gasteiger partial charge in [-0.3, -0.25) is 9.59 Å². The largest absolute Gasteiger partial charge is 0.353 e. The molecule has 0 aromatic heterocycles. The highest BCUT2D eigenvalue weighted by molar-refractivity contribution is 5.86. The molecule has 4 nitrogen and oxygen atoms in total. The second-order valence-electron chi connectivity index (χ2n) is 3.90. The Labute approximate surface area is 89.9 Å². The van der Waals surface area contributed by atoms with Gasteiger partial charge in [0.25, 0.3) is 0 Å². The van der Waals surface area contributed by atoms with E-state index in [-0.39, 0.29) is 11.6 Å². The van der Waals surface area contributed by atoms with E-state index in [4.69, 9.17) is 9.47 Å². The van der Waals surface area contributed by atoms with Crippen LogP contribution in [0.5, 0.6) is 0 Å². The SMILES string of the molecule is COC1(OC)CCC(=O)CCC(=O)CC1. The van der Waals surface area contributed by atoms with Gasteiger partial charge in [0, 0.05) is 52.7 Å². The molecule has 0 heterocycles. The number of Topliss-reactive ketones (excluding diaryl/α,β-unsaturated/α-hetero) is 2. The van der Waals surface area contributed by atoms with Crippen LogP contribution in [0.15, 0.2) is 0 Å². The van der Waals surface area contributed by atoms with Crippen molar-refractivity contribution in [3.05, 3.63) is 0 Å². The van der Waals surface area contributed by atoms with Gasteiger partial charge in [0.2, 0.25) is 0 Å². The lowest BCUT2D eigenvalue weighted by Gasteiger charge is -2.30. The first-order valence-corrected chi connectivity index (χ1v) is 5.25. The lowest BCUT2D eigenvalue weighted by atomic mass is 10.0. The maximum absolute atomic E-state index is 11.4. The third-order valence-electron chi connectivity index (χ3n) is 3.00. The van der Waals surface area contributed by atoms with Gasteiger partial charge in [0.15, 0.2) is 5.79 Å². The summed E-state index contributed by atoms with van der Waals surface area (Å²) in [5.74, 6) is -0.525. The minimum absolute atomic E-state index is 0.115. The lowest BCUT2D eigenvalue weighted by Crippen LogP contribution is -2.34. The molecule has 0 N–H and O–H groups in total. The Hall–Kier alpha value is -0.740. The van der Waals surface area contributed by atoms with E-state index in [1.165, 1.54) is 0 Å². The molecule has 0 bridgehead atoms. The van der Waals surface area contributed by atoms with Crippen molar-refractivity contribution < 1.29 is 19.1 Å². The second kappa shape index (κ2) is 5.37. The third kappa shape index (κ3) is 3.39. The maximum Gasteiger partial charge on any atom is 0.168 e. The number of ketones is 2. The van der Waals surface area contributed by atoms with Crippen molar-refractivity contribution >= 4 is 11.6 Å². The molecular weight excluding hydrogens is 196 g/mol. The van der Waals surface area contributed by atoms with Crippen LogP contribution >= 0.6 is 0 Å². The molecule has 1 aliphatic carbocycles. The van der Waals surface area contributed by atoms with Gasteiger partial charge in [0.1, 0.15) is 11.6 Å². The molecule has 0 aromatic rings. The van der Waals surface area contributed by atoms with Crippen LogP contribution in [0.2, 0.25) is 0 Å². The second-order valence-corrected chi connectivity index (χ2v) is 3.90. The summed E-state index contributed by atoms with van der Waals surface area (Å²) >= 11 is 0. The monoisotopic (exact) mass is 214 g/mol. The van der Waals surface area contributed by atoms with Crippen LogP contribution in [0.25, 0.3) is 0 Å². The Morgan fingerprint density at radius 1 is 0.867 bits per heavy atom. The molecule has 0 unspecified atom stereocenters. The number of hydrogen-bond acceptors (Lipinski definition) is 4. The Morgan fingerprint density at radius 3 is 1.60 bits per heavy atom. The summed E-state index contributed by atoms with van der Waals surface area (Å²) in [6.07, 6.45) is 2.65. The van der Waals surface area contributed by atoms with Gasteiger partial charge >= 0.3 is 0 Å². The van der Waals surface area contributed by atoms with Crippen LogP contribution in [0.4, 0.5) is 0 Å². The van der Waals surface area contributed by atoms with E-state index in [0.29, 0.717) is 38.5 Å². The third-order valence-corrected chi connectivity index (χ3v) is 3.00. The van der Waals surface area contributed by atoms with E-state index in [9.17, 15) is 9.59 Å². The zero-order chi connectivity index (χ0) is 11.3. The lowest BCUT2D eigenvalue weighted by molar-refractivity contribution is -0.215. The van der Waals surface area contributed by atoms with E-state index in [2.05, 4.69) is 0 Å². The standard InChI is InChI=1S/C11H18O4/c1-14-11(15-2)7-5-9(12)3-4-10(13)6-8-11/h3-8H2,1-2H3. The highest BCUT2D eigenvalue weighted by Crippen LogP contribution is 2.27. The zero-order valence-corrected chi connectivity index (χ0v) is 9.38. The summed E-state index contributed by atoms with van der Waals surface area (Å²) < 4.78 is 10.6. The molecule has 0 radical (unpaired) electrons. The highest BCUT2D eigenvalue weighted by atomic mass is 16.7. The van der Waals surface area contributed by atoms with Gasteiger partial charge in [-0.15, -0.1) is 0 Å². The number of ether oxygens (including phenoxy) is 2. The molecule has 1 fully saturated rings. The topological polar surface area (TPSA) is 52.6 Å². The molecule has 1 aliphatic rings. The van der Waals surface area contributed by atoms with Gasteiger partial charge < -0.3 is 9.47 Å². The van der Waals surface area contributed by atoms with Gasteiger partial charge in [-0.25, -0.2) is 0 Å². The molecular formula is C11H18O4. The zero-order valence-electron chi connectivity index (χ0n) is 9.38. The summed E-state index contributed by atoms with van der Waals surface area (Å²) in [6.45, 7) is 0. The minimum atomic E-state index is -0.754. The number of carbonyl (C=O) groups excluding carboxylic acids is 2. The molecule has 0 aromatic carbocycles. The van der Waals surface area contributed by atoms with Crippen molar-refractivity contribution in [2.24, 2.45) is 0 Å². The van der Waals surface area contributed by atoms with Crippen LogP contribution in [-0.4, -0.2) is 31.6 Å². The summed E-state index contributed by atoms with van der Waals surface area (Å²) in [4.78, 5) is 22.8. The minimum Gasteiger partial charge on any atom is -0.353 e. The Kier molecular flexibility index (Phi) is 4.42. The van der Waals surface area contributed by atoms with Crippen molar-refractivity contribution in [2.75, 3.05) is 14.2 Å². The smallest absolute Gasteiger partial charge is 0.168 e. The Bertz CT molecular complexity index is 221. The Morgan fingerprint density at radius 2 is 1.27 bits per heavy atom. The number of methoxy groups -OCH3 is 2. The van der Waals surface area contributed by atoms with Crippen LogP contribution in [0, 0.1) is 0 Å².